The number of aromatic nitrogens is 4. The van der Waals surface area contributed by atoms with Crippen LogP contribution in [0, 0.1) is 0 Å². The van der Waals surface area contributed by atoms with Crippen molar-refractivity contribution in [1.82, 2.24) is 19.9 Å². The molecule has 0 aliphatic heterocycles. The summed E-state index contributed by atoms with van der Waals surface area (Å²) in [5.74, 6) is 0. The first-order valence-electron chi connectivity index (χ1n) is 15.7. The lowest BCUT2D eigenvalue weighted by Gasteiger charge is -2.18. The third-order valence-electron chi connectivity index (χ3n) is 8.74. The molecule has 0 N–H and O–H groups in total. The number of benzene rings is 5. The quantitative estimate of drug-likeness (QED) is 0.168. The number of rotatable bonds is 6. The van der Waals surface area contributed by atoms with Crippen LogP contribution in [0.3, 0.4) is 0 Å². The van der Waals surface area contributed by atoms with E-state index >= 15 is 0 Å². The van der Waals surface area contributed by atoms with Gasteiger partial charge < -0.3 is 0 Å². The normalized spacial score (nSPS) is 11.3. The first-order chi connectivity index (χ1) is 23.8. The Balaban J connectivity index is 1.30. The SMILES string of the molecule is c1ccc(-c2ccc(-c3ccc4c(-c5cc(-c6nccs6)ccn5)c5ccccc5c(-c5cc(-c6nccs6)ccn5)c4c3)cc2)cc1. The fourth-order valence-corrected chi connectivity index (χ4v) is 7.80. The number of thiazole rings is 2. The molecule has 0 fully saturated rings. The highest BCUT2D eigenvalue weighted by Gasteiger charge is 2.20. The predicted octanol–water partition coefficient (Wildman–Crippen LogP) is 11.7. The maximum atomic E-state index is 4.97. The maximum absolute atomic E-state index is 4.97. The van der Waals surface area contributed by atoms with Crippen molar-refractivity contribution in [2.45, 2.75) is 0 Å². The fraction of sp³-hybridized carbons (Fsp3) is 0. The Bertz CT molecular complexity index is 2540. The van der Waals surface area contributed by atoms with Crippen LogP contribution < -0.4 is 0 Å². The van der Waals surface area contributed by atoms with E-state index in [2.05, 4.69) is 119 Å². The minimum absolute atomic E-state index is 0.913. The lowest BCUT2D eigenvalue weighted by molar-refractivity contribution is 1.32. The van der Waals surface area contributed by atoms with Crippen LogP contribution in [0.15, 0.2) is 157 Å². The number of hydrogen-bond acceptors (Lipinski definition) is 6. The van der Waals surface area contributed by atoms with Crippen molar-refractivity contribution in [2.24, 2.45) is 0 Å². The molecule has 5 aromatic carbocycles. The highest BCUT2D eigenvalue weighted by atomic mass is 32.1. The standard InChI is InChI=1S/C42H26N4S2/c1-2-6-27(7-3-1)28-10-12-29(13-11-28)30-14-15-35-36(24-30)40(38-26-32(17-19-44-38)42-46-21-23-48-42)34-9-5-4-8-33(34)39(35)37-25-31(16-18-43-37)41-45-20-22-47-41/h1-26H. The van der Waals surface area contributed by atoms with E-state index in [4.69, 9.17) is 9.97 Å². The molecule has 226 valence electrons. The van der Waals surface area contributed by atoms with Gasteiger partial charge in [0.2, 0.25) is 0 Å². The Morgan fingerprint density at radius 3 is 1.38 bits per heavy atom. The summed E-state index contributed by atoms with van der Waals surface area (Å²) in [4.78, 5) is 19.1. The topological polar surface area (TPSA) is 51.6 Å². The first kappa shape index (κ1) is 28.4. The van der Waals surface area contributed by atoms with Gasteiger partial charge >= 0.3 is 0 Å². The van der Waals surface area contributed by atoms with Crippen LogP contribution in [0.4, 0.5) is 0 Å². The summed E-state index contributed by atoms with van der Waals surface area (Å²) in [6, 6.07) is 43.2. The van der Waals surface area contributed by atoms with Crippen molar-refractivity contribution in [2.75, 3.05) is 0 Å². The minimum atomic E-state index is 0.913. The van der Waals surface area contributed by atoms with Crippen LogP contribution >= 0.6 is 22.7 Å². The summed E-state index contributed by atoms with van der Waals surface area (Å²) in [7, 11) is 0. The van der Waals surface area contributed by atoms with Crippen molar-refractivity contribution in [3.05, 3.63) is 157 Å². The average Bonchev–Trinajstić information content (AvgIpc) is 3.90. The number of nitrogens with zero attached hydrogens (tertiary/aromatic N) is 4. The third kappa shape index (κ3) is 5.08. The molecule has 4 aromatic heterocycles. The number of pyridine rings is 2. The van der Waals surface area contributed by atoms with Gasteiger partial charge in [-0.15, -0.1) is 22.7 Å². The van der Waals surface area contributed by atoms with E-state index in [0.717, 1.165) is 76.3 Å². The molecule has 0 unspecified atom stereocenters. The molecule has 4 heterocycles. The van der Waals surface area contributed by atoms with Crippen LogP contribution in [0.2, 0.25) is 0 Å². The van der Waals surface area contributed by atoms with Gasteiger partial charge in [0.1, 0.15) is 10.0 Å². The van der Waals surface area contributed by atoms with Gasteiger partial charge in [-0.2, -0.15) is 0 Å². The maximum Gasteiger partial charge on any atom is 0.123 e. The van der Waals surface area contributed by atoms with Crippen molar-refractivity contribution in [3.8, 4) is 65.9 Å². The first-order valence-corrected chi connectivity index (χ1v) is 17.4. The van der Waals surface area contributed by atoms with Crippen LogP contribution in [0.25, 0.3) is 87.5 Å². The summed E-state index contributed by atoms with van der Waals surface area (Å²) >= 11 is 3.27. The Labute approximate surface area is 285 Å². The van der Waals surface area contributed by atoms with Gasteiger partial charge in [-0.25, -0.2) is 9.97 Å². The molecule has 0 spiro atoms. The van der Waals surface area contributed by atoms with Gasteiger partial charge in [0.15, 0.2) is 0 Å². The molecule has 6 heteroatoms. The van der Waals surface area contributed by atoms with E-state index < -0.39 is 0 Å². The molecular weight excluding hydrogens is 625 g/mol. The van der Waals surface area contributed by atoms with Gasteiger partial charge in [-0.05, 0) is 74.1 Å². The van der Waals surface area contributed by atoms with Crippen molar-refractivity contribution >= 4 is 44.2 Å². The summed E-state index contributed by atoms with van der Waals surface area (Å²) in [6.45, 7) is 0. The second-order valence-electron chi connectivity index (χ2n) is 11.5. The van der Waals surface area contributed by atoms with Gasteiger partial charge in [0, 0.05) is 57.8 Å². The fourth-order valence-electron chi connectivity index (χ4n) is 6.53. The van der Waals surface area contributed by atoms with Gasteiger partial charge in [0.25, 0.3) is 0 Å². The molecule has 4 nitrogen and oxygen atoms in total. The summed E-state index contributed by atoms with van der Waals surface area (Å²) < 4.78 is 0. The van der Waals surface area contributed by atoms with E-state index in [9.17, 15) is 0 Å². The predicted molar refractivity (Wildman–Crippen MR) is 201 cm³/mol. The van der Waals surface area contributed by atoms with Crippen molar-refractivity contribution in [3.63, 3.8) is 0 Å². The molecule has 0 amide bonds. The largest absolute Gasteiger partial charge is 0.256 e. The minimum Gasteiger partial charge on any atom is -0.256 e. The number of hydrogen-bond donors (Lipinski definition) is 0. The average molecular weight is 651 g/mol. The smallest absolute Gasteiger partial charge is 0.123 e. The zero-order valence-electron chi connectivity index (χ0n) is 25.6. The van der Waals surface area contributed by atoms with Crippen LogP contribution in [-0.2, 0) is 0 Å². The summed E-state index contributed by atoms with van der Waals surface area (Å²) in [6.07, 6.45) is 7.48. The summed E-state index contributed by atoms with van der Waals surface area (Å²) in [5, 5.41) is 10.5. The third-order valence-corrected chi connectivity index (χ3v) is 10.4. The molecule has 0 aliphatic carbocycles. The zero-order valence-corrected chi connectivity index (χ0v) is 27.2. The molecule has 0 radical (unpaired) electrons. The Hall–Kier alpha value is -5.82. The highest BCUT2D eigenvalue weighted by Crippen LogP contribution is 2.45. The molecule has 9 aromatic rings. The molecule has 0 saturated heterocycles. The van der Waals surface area contributed by atoms with Crippen LogP contribution in [0.5, 0.6) is 0 Å². The Kier molecular flexibility index (Phi) is 7.15. The molecule has 9 rings (SSSR count). The lowest BCUT2D eigenvalue weighted by atomic mass is 9.86. The second-order valence-corrected chi connectivity index (χ2v) is 13.3. The molecule has 48 heavy (non-hydrogen) atoms. The van der Waals surface area contributed by atoms with E-state index in [1.807, 2.05) is 47.7 Å². The van der Waals surface area contributed by atoms with E-state index in [1.54, 1.807) is 22.7 Å². The second kappa shape index (κ2) is 12.1. The highest BCUT2D eigenvalue weighted by molar-refractivity contribution is 7.13. The van der Waals surface area contributed by atoms with Crippen LogP contribution in [-0.4, -0.2) is 19.9 Å². The summed E-state index contributed by atoms with van der Waals surface area (Å²) in [5.41, 5.74) is 10.9. The molecular formula is C42H26N4S2. The Morgan fingerprint density at radius 1 is 0.333 bits per heavy atom. The molecule has 0 bridgehead atoms. The molecule has 0 atom stereocenters. The van der Waals surface area contributed by atoms with Gasteiger partial charge in [-0.1, -0.05) is 91.0 Å². The number of fused-ring (bicyclic) bond motifs is 2. The van der Waals surface area contributed by atoms with Gasteiger partial charge in [0.05, 0.1) is 11.4 Å². The van der Waals surface area contributed by atoms with Crippen LogP contribution in [0.1, 0.15) is 0 Å². The van der Waals surface area contributed by atoms with Gasteiger partial charge in [-0.3, -0.25) is 9.97 Å². The Morgan fingerprint density at radius 2 is 0.812 bits per heavy atom. The monoisotopic (exact) mass is 650 g/mol. The van der Waals surface area contributed by atoms with E-state index in [-0.39, 0.29) is 0 Å². The zero-order chi connectivity index (χ0) is 31.9. The molecule has 0 saturated carbocycles. The lowest BCUT2D eigenvalue weighted by Crippen LogP contribution is -1.95. The van der Waals surface area contributed by atoms with E-state index in [1.165, 1.54) is 11.1 Å². The van der Waals surface area contributed by atoms with Crippen molar-refractivity contribution in [1.29, 1.82) is 0 Å². The van der Waals surface area contributed by atoms with E-state index in [0.29, 0.717) is 0 Å². The molecule has 0 aliphatic rings. The van der Waals surface area contributed by atoms with Crippen molar-refractivity contribution < 1.29 is 0 Å².